The van der Waals surface area contributed by atoms with Gasteiger partial charge >= 0.3 is 0 Å². The van der Waals surface area contributed by atoms with E-state index >= 15 is 0 Å². The molecule has 3 nitrogen and oxygen atoms in total. The number of ether oxygens (including phenoxy) is 1. The van der Waals surface area contributed by atoms with Gasteiger partial charge in [-0.25, -0.2) is 0 Å². The SMILES string of the molecule is Cc1cc(C)c2c(c1)NCC(CO)O2. The van der Waals surface area contributed by atoms with Crippen LogP contribution < -0.4 is 10.1 Å². The van der Waals surface area contributed by atoms with Gasteiger partial charge in [0.25, 0.3) is 0 Å². The molecule has 1 aromatic carbocycles. The molecule has 0 amide bonds. The zero-order valence-electron chi connectivity index (χ0n) is 8.50. The van der Waals surface area contributed by atoms with Gasteiger partial charge in [0.2, 0.25) is 0 Å². The summed E-state index contributed by atoms with van der Waals surface area (Å²) in [6.07, 6.45) is -0.121. The third-order valence-electron chi connectivity index (χ3n) is 2.43. The Morgan fingerprint density at radius 2 is 2.29 bits per heavy atom. The maximum atomic E-state index is 9.00. The topological polar surface area (TPSA) is 41.5 Å². The zero-order valence-corrected chi connectivity index (χ0v) is 8.50. The summed E-state index contributed by atoms with van der Waals surface area (Å²) >= 11 is 0. The molecule has 0 spiro atoms. The summed E-state index contributed by atoms with van der Waals surface area (Å²) in [6, 6.07) is 4.15. The van der Waals surface area contributed by atoms with Crippen LogP contribution in [-0.4, -0.2) is 24.4 Å². The number of aliphatic hydroxyl groups excluding tert-OH is 1. The van der Waals surface area contributed by atoms with Gasteiger partial charge in [-0.3, -0.25) is 0 Å². The maximum Gasteiger partial charge on any atom is 0.145 e. The molecule has 0 fully saturated rings. The molecule has 3 heteroatoms. The molecule has 0 radical (unpaired) electrons. The van der Waals surface area contributed by atoms with Crippen molar-refractivity contribution >= 4 is 5.69 Å². The van der Waals surface area contributed by atoms with Crippen LogP contribution in [-0.2, 0) is 0 Å². The Morgan fingerprint density at radius 3 is 3.00 bits per heavy atom. The smallest absolute Gasteiger partial charge is 0.145 e. The Hall–Kier alpha value is -1.22. The third kappa shape index (κ3) is 1.55. The molecular formula is C11H15NO2. The lowest BCUT2D eigenvalue weighted by Crippen LogP contribution is -2.34. The second-order valence-corrected chi connectivity index (χ2v) is 3.76. The van der Waals surface area contributed by atoms with E-state index in [2.05, 4.69) is 24.4 Å². The predicted octanol–water partition coefficient (Wildman–Crippen LogP) is 1.47. The van der Waals surface area contributed by atoms with E-state index in [0.717, 1.165) is 17.0 Å². The average Bonchev–Trinajstić information content (AvgIpc) is 2.17. The fourth-order valence-electron chi connectivity index (χ4n) is 1.78. The normalized spacial score (nSPS) is 19.5. The van der Waals surface area contributed by atoms with Crippen LogP contribution in [0.2, 0.25) is 0 Å². The first kappa shape index (κ1) is 9.34. The van der Waals surface area contributed by atoms with Gasteiger partial charge in [-0.05, 0) is 31.0 Å². The van der Waals surface area contributed by atoms with Crippen molar-refractivity contribution in [2.45, 2.75) is 20.0 Å². The van der Waals surface area contributed by atoms with Gasteiger partial charge < -0.3 is 15.2 Å². The number of hydrogen-bond acceptors (Lipinski definition) is 3. The van der Waals surface area contributed by atoms with Crippen LogP contribution >= 0.6 is 0 Å². The fraction of sp³-hybridized carbons (Fsp3) is 0.455. The summed E-state index contributed by atoms with van der Waals surface area (Å²) in [5, 5.41) is 12.3. The van der Waals surface area contributed by atoms with Crippen molar-refractivity contribution in [2.75, 3.05) is 18.5 Å². The van der Waals surface area contributed by atoms with E-state index in [1.807, 2.05) is 6.92 Å². The van der Waals surface area contributed by atoms with Crippen LogP contribution in [0.3, 0.4) is 0 Å². The van der Waals surface area contributed by atoms with Crippen molar-refractivity contribution in [1.29, 1.82) is 0 Å². The van der Waals surface area contributed by atoms with Crippen molar-refractivity contribution in [2.24, 2.45) is 0 Å². The zero-order chi connectivity index (χ0) is 10.1. The standard InChI is InChI=1S/C11H15NO2/c1-7-3-8(2)11-10(4-7)12-5-9(6-13)14-11/h3-4,9,12-13H,5-6H2,1-2H3. The molecule has 1 aliphatic rings. The molecule has 1 aromatic rings. The Morgan fingerprint density at radius 1 is 1.50 bits per heavy atom. The van der Waals surface area contributed by atoms with E-state index in [-0.39, 0.29) is 12.7 Å². The molecule has 1 heterocycles. The average molecular weight is 193 g/mol. The van der Waals surface area contributed by atoms with Gasteiger partial charge in [-0.2, -0.15) is 0 Å². The first-order valence-corrected chi connectivity index (χ1v) is 4.83. The number of aryl methyl sites for hydroxylation is 2. The highest BCUT2D eigenvalue weighted by molar-refractivity contribution is 5.63. The van der Waals surface area contributed by atoms with Crippen LogP contribution in [0.15, 0.2) is 12.1 Å². The van der Waals surface area contributed by atoms with E-state index < -0.39 is 0 Å². The second-order valence-electron chi connectivity index (χ2n) is 3.76. The highest BCUT2D eigenvalue weighted by Crippen LogP contribution is 2.33. The summed E-state index contributed by atoms with van der Waals surface area (Å²) in [4.78, 5) is 0. The van der Waals surface area contributed by atoms with Crippen LogP contribution in [0.4, 0.5) is 5.69 Å². The molecule has 2 rings (SSSR count). The molecule has 76 valence electrons. The first-order valence-electron chi connectivity index (χ1n) is 4.83. The molecule has 0 aromatic heterocycles. The van der Waals surface area contributed by atoms with Crippen molar-refractivity contribution in [1.82, 2.24) is 0 Å². The lowest BCUT2D eigenvalue weighted by molar-refractivity contribution is 0.119. The monoisotopic (exact) mass is 193 g/mol. The summed E-state index contributed by atoms with van der Waals surface area (Å²) in [5.74, 6) is 0.876. The Balaban J connectivity index is 2.37. The van der Waals surface area contributed by atoms with E-state index in [4.69, 9.17) is 9.84 Å². The van der Waals surface area contributed by atoms with Crippen molar-refractivity contribution < 1.29 is 9.84 Å². The number of rotatable bonds is 1. The van der Waals surface area contributed by atoms with Crippen LogP contribution in [0, 0.1) is 13.8 Å². The molecule has 0 aliphatic carbocycles. The maximum absolute atomic E-state index is 9.00. The lowest BCUT2D eigenvalue weighted by Gasteiger charge is -2.27. The highest BCUT2D eigenvalue weighted by atomic mass is 16.5. The molecule has 1 atom stereocenters. The van der Waals surface area contributed by atoms with Gasteiger partial charge in [0.05, 0.1) is 18.8 Å². The van der Waals surface area contributed by atoms with Crippen LogP contribution in [0.5, 0.6) is 5.75 Å². The Kier molecular flexibility index (Phi) is 2.33. The molecule has 0 bridgehead atoms. The molecule has 1 unspecified atom stereocenters. The summed E-state index contributed by atoms with van der Waals surface area (Å²) in [6.45, 7) is 4.81. The van der Waals surface area contributed by atoms with Gasteiger partial charge in [0.1, 0.15) is 11.9 Å². The van der Waals surface area contributed by atoms with Crippen molar-refractivity contribution in [3.05, 3.63) is 23.3 Å². The number of anilines is 1. The van der Waals surface area contributed by atoms with Gasteiger partial charge in [0, 0.05) is 0 Å². The predicted molar refractivity (Wildman–Crippen MR) is 55.9 cm³/mol. The molecule has 1 aliphatic heterocycles. The molecule has 2 N–H and O–H groups in total. The van der Waals surface area contributed by atoms with E-state index in [0.29, 0.717) is 6.54 Å². The summed E-state index contributed by atoms with van der Waals surface area (Å²) in [5.41, 5.74) is 3.37. The van der Waals surface area contributed by atoms with Crippen molar-refractivity contribution in [3.63, 3.8) is 0 Å². The first-order chi connectivity index (χ1) is 6.70. The van der Waals surface area contributed by atoms with Crippen LogP contribution in [0.1, 0.15) is 11.1 Å². The Labute approximate surface area is 83.7 Å². The van der Waals surface area contributed by atoms with Crippen molar-refractivity contribution in [3.8, 4) is 5.75 Å². The largest absolute Gasteiger partial charge is 0.484 e. The Bertz CT molecular complexity index is 349. The highest BCUT2D eigenvalue weighted by Gasteiger charge is 2.19. The quantitative estimate of drug-likeness (QED) is 0.709. The fourth-order valence-corrected chi connectivity index (χ4v) is 1.78. The number of aliphatic hydroxyl groups is 1. The summed E-state index contributed by atoms with van der Waals surface area (Å²) in [7, 11) is 0. The minimum atomic E-state index is -0.121. The number of benzene rings is 1. The van der Waals surface area contributed by atoms with Gasteiger partial charge in [-0.15, -0.1) is 0 Å². The lowest BCUT2D eigenvalue weighted by atomic mass is 10.1. The van der Waals surface area contributed by atoms with Gasteiger partial charge in [-0.1, -0.05) is 6.07 Å². The van der Waals surface area contributed by atoms with E-state index in [1.165, 1.54) is 5.56 Å². The number of hydrogen-bond donors (Lipinski definition) is 2. The molecule has 0 saturated carbocycles. The molecular weight excluding hydrogens is 178 g/mol. The second kappa shape index (κ2) is 3.50. The van der Waals surface area contributed by atoms with E-state index in [9.17, 15) is 0 Å². The van der Waals surface area contributed by atoms with E-state index in [1.54, 1.807) is 0 Å². The minimum Gasteiger partial charge on any atom is -0.484 e. The van der Waals surface area contributed by atoms with Gasteiger partial charge in [0.15, 0.2) is 0 Å². The molecule has 14 heavy (non-hydrogen) atoms. The number of fused-ring (bicyclic) bond motifs is 1. The number of nitrogens with one attached hydrogen (secondary N) is 1. The van der Waals surface area contributed by atoms with Crippen LogP contribution in [0.25, 0.3) is 0 Å². The minimum absolute atomic E-state index is 0.0553. The summed E-state index contributed by atoms with van der Waals surface area (Å²) < 4.78 is 5.65. The molecule has 0 saturated heterocycles. The third-order valence-corrected chi connectivity index (χ3v) is 2.43.